The number of nitrogens with one attached hydrogen (secondary N) is 1. The van der Waals surface area contributed by atoms with Crippen molar-refractivity contribution in [2.75, 3.05) is 6.61 Å². The molecule has 0 radical (unpaired) electrons. The average Bonchev–Trinajstić information content (AvgIpc) is 3.15. The minimum Gasteiger partial charge on any atom is -0.484 e. The van der Waals surface area contributed by atoms with Gasteiger partial charge >= 0.3 is 0 Å². The molecule has 28 heavy (non-hydrogen) atoms. The summed E-state index contributed by atoms with van der Waals surface area (Å²) in [6, 6.07) is 17.2. The van der Waals surface area contributed by atoms with Crippen LogP contribution in [-0.2, 0) is 4.79 Å². The molecular formula is C20H18N4O4. The number of carbonyl (C=O) groups is 1. The predicted molar refractivity (Wildman–Crippen MR) is 105 cm³/mol. The minimum absolute atomic E-state index is 0.0204. The molecule has 142 valence electrons. The lowest BCUT2D eigenvalue weighted by molar-refractivity contribution is -0.384. The van der Waals surface area contributed by atoms with Crippen molar-refractivity contribution in [1.82, 2.24) is 9.99 Å². The summed E-state index contributed by atoms with van der Waals surface area (Å²) >= 11 is 0. The molecule has 1 aromatic heterocycles. The van der Waals surface area contributed by atoms with E-state index in [9.17, 15) is 14.9 Å². The number of rotatable bonds is 7. The molecule has 2 aromatic carbocycles. The Balaban J connectivity index is 1.58. The van der Waals surface area contributed by atoms with Crippen LogP contribution in [-0.4, -0.2) is 28.2 Å². The van der Waals surface area contributed by atoms with E-state index in [-0.39, 0.29) is 18.2 Å². The van der Waals surface area contributed by atoms with Crippen LogP contribution in [0.1, 0.15) is 11.3 Å². The molecule has 0 fully saturated rings. The van der Waals surface area contributed by atoms with Crippen molar-refractivity contribution < 1.29 is 14.5 Å². The number of aromatic nitrogens is 1. The highest BCUT2D eigenvalue weighted by Gasteiger charge is 2.07. The second-order valence-electron chi connectivity index (χ2n) is 5.97. The van der Waals surface area contributed by atoms with Gasteiger partial charge in [-0.3, -0.25) is 14.9 Å². The lowest BCUT2D eigenvalue weighted by Crippen LogP contribution is -2.24. The van der Waals surface area contributed by atoms with Crippen LogP contribution in [0.25, 0.3) is 5.69 Å². The van der Waals surface area contributed by atoms with Crippen molar-refractivity contribution in [3.63, 3.8) is 0 Å². The zero-order chi connectivity index (χ0) is 19.9. The van der Waals surface area contributed by atoms with E-state index in [1.807, 2.05) is 31.2 Å². The van der Waals surface area contributed by atoms with Gasteiger partial charge < -0.3 is 9.30 Å². The topological polar surface area (TPSA) is 98.8 Å². The fraction of sp³-hybridized carbons (Fsp3) is 0.100. The lowest BCUT2D eigenvalue weighted by atomic mass is 10.2. The Morgan fingerprint density at radius 1 is 1.21 bits per heavy atom. The number of amides is 1. The first kappa shape index (κ1) is 18.8. The number of aryl methyl sites for hydroxylation is 1. The molecule has 0 aliphatic heterocycles. The van der Waals surface area contributed by atoms with Crippen molar-refractivity contribution in [3.05, 3.63) is 88.2 Å². The average molecular weight is 378 g/mol. The molecule has 0 saturated carbocycles. The summed E-state index contributed by atoms with van der Waals surface area (Å²) in [5.74, 6) is 0.234. The normalized spacial score (nSPS) is 10.8. The van der Waals surface area contributed by atoms with Crippen molar-refractivity contribution >= 4 is 17.8 Å². The number of hydrazone groups is 1. The lowest BCUT2D eigenvalue weighted by Gasteiger charge is -2.07. The van der Waals surface area contributed by atoms with Gasteiger partial charge in [0.1, 0.15) is 5.75 Å². The Labute approximate surface area is 161 Å². The number of nitro benzene ring substituents is 1. The van der Waals surface area contributed by atoms with E-state index < -0.39 is 4.92 Å². The maximum absolute atomic E-state index is 11.9. The summed E-state index contributed by atoms with van der Waals surface area (Å²) in [6.07, 6.45) is 3.29. The van der Waals surface area contributed by atoms with E-state index in [4.69, 9.17) is 4.74 Å². The SMILES string of the molecule is Cc1cccc(OCC(=O)N/N=C/c2cccn2-c2ccc([N+](=O)[O-])cc2)c1. The summed E-state index contributed by atoms with van der Waals surface area (Å²) in [5.41, 5.74) is 4.92. The number of hydrogen-bond acceptors (Lipinski definition) is 5. The van der Waals surface area contributed by atoms with Crippen LogP contribution >= 0.6 is 0 Å². The Hall–Kier alpha value is -3.94. The predicted octanol–water partition coefficient (Wildman–Crippen LogP) is 3.22. The third-order valence-corrected chi connectivity index (χ3v) is 3.86. The van der Waals surface area contributed by atoms with Gasteiger partial charge in [0.05, 0.1) is 16.8 Å². The highest BCUT2D eigenvalue weighted by atomic mass is 16.6. The van der Waals surface area contributed by atoms with Gasteiger partial charge in [-0.1, -0.05) is 12.1 Å². The van der Waals surface area contributed by atoms with Crippen LogP contribution in [0.2, 0.25) is 0 Å². The summed E-state index contributed by atoms with van der Waals surface area (Å²) in [4.78, 5) is 22.2. The van der Waals surface area contributed by atoms with Gasteiger partial charge in [0.2, 0.25) is 0 Å². The third-order valence-electron chi connectivity index (χ3n) is 3.86. The first-order chi connectivity index (χ1) is 13.5. The second-order valence-corrected chi connectivity index (χ2v) is 5.97. The van der Waals surface area contributed by atoms with E-state index in [1.54, 1.807) is 35.0 Å². The van der Waals surface area contributed by atoms with Crippen LogP contribution in [0.4, 0.5) is 5.69 Å². The van der Waals surface area contributed by atoms with E-state index in [0.29, 0.717) is 11.4 Å². The summed E-state index contributed by atoms with van der Waals surface area (Å²) in [7, 11) is 0. The molecule has 8 nitrogen and oxygen atoms in total. The zero-order valence-electron chi connectivity index (χ0n) is 15.1. The molecule has 0 atom stereocenters. The van der Waals surface area contributed by atoms with Crippen LogP contribution in [0.5, 0.6) is 5.75 Å². The zero-order valence-corrected chi connectivity index (χ0v) is 15.1. The molecular weight excluding hydrogens is 360 g/mol. The summed E-state index contributed by atoms with van der Waals surface area (Å²) in [6.45, 7) is 1.79. The van der Waals surface area contributed by atoms with E-state index in [0.717, 1.165) is 11.3 Å². The molecule has 0 unspecified atom stereocenters. The van der Waals surface area contributed by atoms with E-state index in [2.05, 4.69) is 10.5 Å². The van der Waals surface area contributed by atoms with Gasteiger partial charge in [-0.15, -0.1) is 0 Å². The highest BCUT2D eigenvalue weighted by Crippen LogP contribution is 2.17. The van der Waals surface area contributed by atoms with Crippen LogP contribution < -0.4 is 10.2 Å². The van der Waals surface area contributed by atoms with E-state index in [1.165, 1.54) is 18.3 Å². The van der Waals surface area contributed by atoms with Gasteiger partial charge in [-0.25, -0.2) is 5.43 Å². The molecule has 0 bridgehead atoms. The van der Waals surface area contributed by atoms with Gasteiger partial charge in [0.15, 0.2) is 6.61 Å². The molecule has 0 saturated heterocycles. The van der Waals surface area contributed by atoms with Crippen molar-refractivity contribution in [1.29, 1.82) is 0 Å². The Bertz CT molecular complexity index is 1010. The maximum Gasteiger partial charge on any atom is 0.277 e. The van der Waals surface area contributed by atoms with Gasteiger partial charge in [0, 0.05) is 24.0 Å². The molecule has 8 heteroatoms. The quantitative estimate of drug-likeness (QED) is 0.388. The Morgan fingerprint density at radius 2 is 2.00 bits per heavy atom. The van der Waals surface area contributed by atoms with Crippen molar-refractivity contribution in [2.24, 2.45) is 5.10 Å². The monoisotopic (exact) mass is 378 g/mol. The third kappa shape index (κ3) is 4.82. The smallest absolute Gasteiger partial charge is 0.277 e. The number of nitrogens with zero attached hydrogens (tertiary/aromatic N) is 3. The molecule has 1 amide bonds. The molecule has 0 spiro atoms. The fourth-order valence-corrected chi connectivity index (χ4v) is 2.53. The molecule has 1 N–H and O–H groups in total. The standard InChI is InChI=1S/C20H18N4O4/c1-15-4-2-6-19(12-15)28-14-20(25)22-21-13-18-5-3-11-23(18)16-7-9-17(10-8-16)24(26)27/h2-13H,14H2,1H3,(H,22,25)/b21-13+. The van der Waals surface area contributed by atoms with Crippen molar-refractivity contribution in [3.8, 4) is 11.4 Å². The molecule has 0 aliphatic rings. The number of non-ortho nitro benzene ring substituents is 1. The Morgan fingerprint density at radius 3 is 2.71 bits per heavy atom. The largest absolute Gasteiger partial charge is 0.484 e. The Kier molecular flexibility index (Phi) is 5.81. The number of carbonyl (C=O) groups excluding carboxylic acids is 1. The minimum atomic E-state index is -0.448. The van der Waals surface area contributed by atoms with Crippen LogP contribution in [0.3, 0.4) is 0 Å². The van der Waals surface area contributed by atoms with E-state index >= 15 is 0 Å². The summed E-state index contributed by atoms with van der Waals surface area (Å²) in [5, 5.41) is 14.7. The summed E-state index contributed by atoms with van der Waals surface area (Å²) < 4.78 is 7.21. The second kappa shape index (κ2) is 8.63. The number of benzene rings is 2. The van der Waals surface area contributed by atoms with Crippen LogP contribution in [0, 0.1) is 17.0 Å². The number of hydrogen-bond donors (Lipinski definition) is 1. The molecule has 1 heterocycles. The van der Waals surface area contributed by atoms with Gasteiger partial charge in [0.25, 0.3) is 11.6 Å². The number of ether oxygens (including phenoxy) is 1. The van der Waals surface area contributed by atoms with Gasteiger partial charge in [-0.05, 0) is 48.9 Å². The van der Waals surface area contributed by atoms with Crippen molar-refractivity contribution in [2.45, 2.75) is 6.92 Å². The molecule has 3 rings (SSSR count). The highest BCUT2D eigenvalue weighted by molar-refractivity contribution is 5.82. The maximum atomic E-state index is 11.9. The number of nitro groups is 1. The first-order valence-corrected chi connectivity index (χ1v) is 8.46. The van der Waals surface area contributed by atoms with Gasteiger partial charge in [-0.2, -0.15) is 5.10 Å². The fourth-order valence-electron chi connectivity index (χ4n) is 2.53. The molecule has 3 aromatic rings. The van der Waals surface area contributed by atoms with Crippen LogP contribution in [0.15, 0.2) is 72.0 Å². The first-order valence-electron chi connectivity index (χ1n) is 8.46. The molecule has 0 aliphatic carbocycles.